The van der Waals surface area contributed by atoms with E-state index in [0.717, 1.165) is 16.8 Å². The maximum Gasteiger partial charge on any atom is 0.270 e. The van der Waals surface area contributed by atoms with E-state index in [2.05, 4.69) is 10.1 Å². The van der Waals surface area contributed by atoms with Crippen LogP contribution >= 0.6 is 11.6 Å². The number of hydrogen-bond donors (Lipinski definition) is 0. The van der Waals surface area contributed by atoms with Crippen molar-refractivity contribution >= 4 is 17.3 Å². The molecule has 6 nitrogen and oxygen atoms in total. The molecule has 0 aromatic carbocycles. The van der Waals surface area contributed by atoms with E-state index in [-0.39, 0.29) is 5.56 Å². The van der Waals surface area contributed by atoms with Gasteiger partial charge in [-0.25, -0.2) is 9.67 Å². The summed E-state index contributed by atoms with van der Waals surface area (Å²) in [5.74, 6) is 0. The molecule has 3 rings (SSSR count). The van der Waals surface area contributed by atoms with Gasteiger partial charge in [0.15, 0.2) is 0 Å². The fraction of sp³-hybridized carbons (Fsp3) is 0.286. The predicted octanol–water partition coefficient (Wildman–Crippen LogP) is 1.26. The molecule has 106 valence electrons. The van der Waals surface area contributed by atoms with Crippen LogP contribution in [0.2, 0.25) is 5.02 Å². The minimum atomic E-state index is -0.0503. The summed E-state index contributed by atoms with van der Waals surface area (Å²) in [4.78, 5) is 18.0. The van der Waals surface area contributed by atoms with Crippen molar-refractivity contribution in [2.45, 2.75) is 13.0 Å². The van der Waals surface area contributed by atoms with Gasteiger partial charge in [-0.15, -0.1) is 0 Å². The average Bonchev–Trinajstić information content (AvgIpc) is 2.51. The standard InChI is InChI=1S/C14H12ClN5O/c1-19-14(21)11-2-3-20(8-9(11)6-18-19)13-4-10(5-16)17-7-12(13)15/h4,6-7H,2-3,8H2,1H3. The SMILES string of the molecule is Cn1ncc2c(c1=O)CCN(c1cc(C#N)ncc1Cl)C2. The molecule has 0 unspecified atom stereocenters. The van der Waals surface area contributed by atoms with Crippen LogP contribution in [-0.4, -0.2) is 21.3 Å². The van der Waals surface area contributed by atoms with E-state index in [1.807, 2.05) is 11.0 Å². The van der Waals surface area contributed by atoms with Gasteiger partial charge in [-0.3, -0.25) is 4.79 Å². The fourth-order valence-corrected chi connectivity index (χ4v) is 2.71. The number of pyridine rings is 1. The minimum absolute atomic E-state index is 0.0503. The Kier molecular flexibility index (Phi) is 3.35. The van der Waals surface area contributed by atoms with Gasteiger partial charge < -0.3 is 4.90 Å². The van der Waals surface area contributed by atoms with Crippen molar-refractivity contribution in [3.8, 4) is 6.07 Å². The Balaban J connectivity index is 1.99. The quantitative estimate of drug-likeness (QED) is 0.793. The zero-order valence-electron chi connectivity index (χ0n) is 11.4. The summed E-state index contributed by atoms with van der Waals surface area (Å²) in [6, 6.07) is 3.68. The molecule has 0 saturated carbocycles. The first-order valence-electron chi connectivity index (χ1n) is 6.45. The van der Waals surface area contributed by atoms with Crippen LogP contribution in [0.1, 0.15) is 16.8 Å². The Hall–Kier alpha value is -2.39. The first-order chi connectivity index (χ1) is 10.1. The van der Waals surface area contributed by atoms with E-state index >= 15 is 0 Å². The van der Waals surface area contributed by atoms with Crippen molar-refractivity contribution < 1.29 is 0 Å². The first kappa shape index (κ1) is 13.6. The lowest BCUT2D eigenvalue weighted by molar-refractivity contribution is 0.644. The Labute approximate surface area is 126 Å². The summed E-state index contributed by atoms with van der Waals surface area (Å²) in [5, 5.41) is 13.5. The van der Waals surface area contributed by atoms with Gasteiger partial charge in [0.2, 0.25) is 0 Å². The topological polar surface area (TPSA) is 74.8 Å². The number of nitriles is 1. The lowest BCUT2D eigenvalue weighted by Crippen LogP contribution is -2.36. The van der Waals surface area contributed by atoms with Crippen LogP contribution in [-0.2, 0) is 20.0 Å². The highest BCUT2D eigenvalue weighted by Gasteiger charge is 2.22. The Bertz CT molecular complexity index is 808. The largest absolute Gasteiger partial charge is 0.365 e. The van der Waals surface area contributed by atoms with Gasteiger partial charge in [-0.2, -0.15) is 10.4 Å². The molecule has 0 amide bonds. The number of aryl methyl sites for hydroxylation is 1. The van der Waals surface area contributed by atoms with Gasteiger partial charge in [-0.05, 0) is 12.5 Å². The molecule has 1 aliphatic rings. The summed E-state index contributed by atoms with van der Waals surface area (Å²) in [5.41, 5.74) is 2.73. The number of nitrogens with zero attached hydrogens (tertiary/aromatic N) is 5. The second-order valence-electron chi connectivity index (χ2n) is 4.88. The van der Waals surface area contributed by atoms with E-state index in [9.17, 15) is 4.79 Å². The van der Waals surface area contributed by atoms with Gasteiger partial charge in [0.05, 0.1) is 16.9 Å². The summed E-state index contributed by atoms with van der Waals surface area (Å²) in [7, 11) is 1.65. The van der Waals surface area contributed by atoms with E-state index in [1.54, 1.807) is 19.3 Å². The third-order valence-corrected chi connectivity index (χ3v) is 3.90. The highest BCUT2D eigenvalue weighted by atomic mass is 35.5. The van der Waals surface area contributed by atoms with Gasteiger partial charge in [-0.1, -0.05) is 11.6 Å². The minimum Gasteiger partial charge on any atom is -0.365 e. The van der Waals surface area contributed by atoms with Crippen LogP contribution in [0.5, 0.6) is 0 Å². The molecule has 0 N–H and O–H groups in total. The molecule has 2 aromatic heterocycles. The summed E-state index contributed by atoms with van der Waals surface area (Å²) < 4.78 is 1.35. The fourth-order valence-electron chi connectivity index (χ4n) is 2.49. The molecule has 7 heteroatoms. The Morgan fingerprint density at radius 2 is 2.24 bits per heavy atom. The van der Waals surface area contributed by atoms with Crippen molar-refractivity contribution in [1.82, 2.24) is 14.8 Å². The van der Waals surface area contributed by atoms with Crippen LogP contribution in [0.15, 0.2) is 23.3 Å². The van der Waals surface area contributed by atoms with E-state index < -0.39 is 0 Å². The number of halogens is 1. The normalized spacial score (nSPS) is 13.7. The highest BCUT2D eigenvalue weighted by Crippen LogP contribution is 2.29. The van der Waals surface area contributed by atoms with Crippen LogP contribution in [0, 0.1) is 11.3 Å². The zero-order valence-corrected chi connectivity index (χ0v) is 12.1. The Morgan fingerprint density at radius 1 is 1.43 bits per heavy atom. The van der Waals surface area contributed by atoms with Gasteiger partial charge in [0, 0.05) is 37.5 Å². The number of aromatic nitrogens is 3. The second-order valence-corrected chi connectivity index (χ2v) is 5.29. The van der Waals surface area contributed by atoms with Crippen molar-refractivity contribution in [3.05, 3.63) is 50.7 Å². The lowest BCUT2D eigenvalue weighted by atomic mass is 10.0. The molecular formula is C14H12ClN5O. The summed E-state index contributed by atoms with van der Waals surface area (Å²) >= 11 is 6.18. The van der Waals surface area contributed by atoms with Crippen LogP contribution in [0.4, 0.5) is 5.69 Å². The van der Waals surface area contributed by atoms with Crippen LogP contribution < -0.4 is 10.5 Å². The smallest absolute Gasteiger partial charge is 0.270 e. The predicted molar refractivity (Wildman–Crippen MR) is 78.2 cm³/mol. The van der Waals surface area contributed by atoms with Crippen molar-refractivity contribution in [3.63, 3.8) is 0 Å². The number of hydrogen-bond acceptors (Lipinski definition) is 5. The molecule has 0 bridgehead atoms. The van der Waals surface area contributed by atoms with Gasteiger partial charge in [0.1, 0.15) is 11.8 Å². The maximum absolute atomic E-state index is 12.0. The molecule has 0 atom stereocenters. The average molecular weight is 302 g/mol. The summed E-state index contributed by atoms with van der Waals surface area (Å²) in [6.07, 6.45) is 3.82. The number of anilines is 1. The Morgan fingerprint density at radius 3 is 3.00 bits per heavy atom. The molecule has 2 aromatic rings. The first-order valence-corrected chi connectivity index (χ1v) is 6.82. The van der Waals surface area contributed by atoms with Crippen molar-refractivity contribution in [2.75, 3.05) is 11.4 Å². The number of fused-ring (bicyclic) bond motifs is 1. The van der Waals surface area contributed by atoms with E-state index in [4.69, 9.17) is 16.9 Å². The third kappa shape index (κ3) is 2.36. The monoisotopic (exact) mass is 301 g/mol. The van der Waals surface area contributed by atoms with Crippen LogP contribution in [0.3, 0.4) is 0 Å². The molecule has 21 heavy (non-hydrogen) atoms. The summed E-state index contributed by atoms with van der Waals surface area (Å²) in [6.45, 7) is 1.22. The third-order valence-electron chi connectivity index (χ3n) is 3.61. The molecule has 1 aliphatic heterocycles. The zero-order chi connectivity index (χ0) is 15.0. The molecule has 0 spiro atoms. The highest BCUT2D eigenvalue weighted by molar-refractivity contribution is 6.33. The molecule has 0 aliphatic carbocycles. The second kappa shape index (κ2) is 5.19. The molecule has 0 fully saturated rings. The lowest BCUT2D eigenvalue weighted by Gasteiger charge is -2.30. The van der Waals surface area contributed by atoms with E-state index in [1.165, 1.54) is 10.9 Å². The molecule has 0 radical (unpaired) electrons. The van der Waals surface area contributed by atoms with Gasteiger partial charge in [0.25, 0.3) is 5.56 Å². The maximum atomic E-state index is 12.0. The molecule has 3 heterocycles. The van der Waals surface area contributed by atoms with Crippen molar-refractivity contribution in [1.29, 1.82) is 5.26 Å². The van der Waals surface area contributed by atoms with E-state index in [0.29, 0.717) is 30.2 Å². The molecular weight excluding hydrogens is 290 g/mol. The van der Waals surface area contributed by atoms with Gasteiger partial charge >= 0.3 is 0 Å². The molecule has 0 saturated heterocycles. The van der Waals surface area contributed by atoms with Crippen molar-refractivity contribution in [2.24, 2.45) is 7.05 Å². The van der Waals surface area contributed by atoms with Crippen LogP contribution in [0.25, 0.3) is 0 Å². The number of rotatable bonds is 1.